The molecule has 0 bridgehead atoms. The van der Waals surface area contributed by atoms with E-state index in [2.05, 4.69) is 0 Å². The second-order valence-corrected chi connectivity index (χ2v) is 30.6. The minimum atomic E-state index is -2.24. The molecule has 0 saturated heterocycles. The molecule has 0 fully saturated rings. The highest BCUT2D eigenvalue weighted by molar-refractivity contribution is 14.3. The molecule has 0 radical (unpaired) electrons. The first-order valence-corrected chi connectivity index (χ1v) is 18.3. The number of hydrogen-bond donors (Lipinski definition) is 0. The van der Waals surface area contributed by atoms with Gasteiger partial charge in [0, 0.05) is 88.2 Å². The van der Waals surface area contributed by atoms with E-state index in [0.29, 0.717) is 13.2 Å². The van der Waals surface area contributed by atoms with Crippen molar-refractivity contribution in [3.8, 4) is 0 Å². The summed E-state index contributed by atoms with van der Waals surface area (Å²) >= 11 is 7.23. The zero-order valence-electron chi connectivity index (χ0n) is 8.16. The summed E-state index contributed by atoms with van der Waals surface area (Å²) in [6, 6.07) is 0. The van der Waals surface area contributed by atoms with Crippen LogP contribution < -0.4 is 0 Å². The zero-order chi connectivity index (χ0) is 12.5. The molecule has 0 spiro atoms. The fraction of sp³-hybridized carbons (Fsp3) is 1.00. The predicted octanol–water partition coefficient (Wildman–Crippen LogP) is 6.39. The summed E-state index contributed by atoms with van der Waals surface area (Å²) in [6.45, 7) is 4.94. The molecule has 0 rings (SSSR count). The standard InChI is InChI=1S/C3H7I2O2P.C2H5I2O2P/c1-2-3-7-8(4,5)6;1-2-6-7(3,4)5/h2-3H2,1H3;2H2,1H3. The van der Waals surface area contributed by atoms with Gasteiger partial charge in [0.25, 0.3) is 0 Å². The van der Waals surface area contributed by atoms with Crippen molar-refractivity contribution >= 4 is 93.5 Å². The Morgan fingerprint density at radius 1 is 0.933 bits per heavy atom. The molecule has 0 atom stereocenters. The molecule has 4 nitrogen and oxygen atoms in total. The average Bonchev–Trinajstić information content (AvgIpc) is 1.98. The first kappa shape index (κ1) is 20.6. The maximum atomic E-state index is 10.7. The minimum absolute atomic E-state index is 0.531. The summed E-state index contributed by atoms with van der Waals surface area (Å²) < 4.78 is 26.5. The van der Waals surface area contributed by atoms with E-state index in [0.717, 1.165) is 6.42 Å². The quantitative estimate of drug-likeness (QED) is 0.246. The molecule has 0 amide bonds. The van der Waals surface area contributed by atoms with Crippen LogP contribution in [0.4, 0.5) is 0 Å². The zero-order valence-corrected chi connectivity index (χ0v) is 18.6. The first-order chi connectivity index (χ1) is 6.62. The topological polar surface area (TPSA) is 52.6 Å². The predicted molar refractivity (Wildman–Crippen MR) is 99.2 cm³/mol. The molecule has 94 valence electrons. The second kappa shape index (κ2) is 11.2. The smallest absolute Gasteiger partial charge is 0.315 e. The lowest BCUT2D eigenvalue weighted by Crippen LogP contribution is -1.80. The van der Waals surface area contributed by atoms with Crippen molar-refractivity contribution < 1.29 is 18.2 Å². The largest absolute Gasteiger partial charge is 0.315 e. The average molecular weight is 706 g/mol. The molecule has 0 unspecified atom stereocenters. The summed E-state index contributed by atoms with van der Waals surface area (Å²) in [6.07, 6.45) is 0.927. The van der Waals surface area contributed by atoms with E-state index >= 15 is 0 Å². The third-order valence-corrected chi connectivity index (χ3v) is 5.11. The lowest BCUT2D eigenvalue weighted by atomic mass is 10.5. The van der Waals surface area contributed by atoms with Crippen LogP contribution in [0.25, 0.3) is 0 Å². The van der Waals surface area contributed by atoms with Crippen molar-refractivity contribution in [2.75, 3.05) is 13.2 Å². The van der Waals surface area contributed by atoms with Crippen molar-refractivity contribution in [3.05, 3.63) is 0 Å². The van der Waals surface area contributed by atoms with Crippen LogP contribution in [-0.2, 0) is 18.2 Å². The van der Waals surface area contributed by atoms with E-state index in [9.17, 15) is 9.13 Å². The normalized spacial score (nSPS) is 11.9. The molecule has 0 aromatic heterocycles. The molecular formula is C5H12I4O4P2. The maximum Gasteiger partial charge on any atom is 0.315 e. The van der Waals surface area contributed by atoms with Gasteiger partial charge in [0.2, 0.25) is 0 Å². The van der Waals surface area contributed by atoms with Crippen molar-refractivity contribution in [3.63, 3.8) is 0 Å². The number of hydrogen-bond acceptors (Lipinski definition) is 4. The molecule has 0 aliphatic rings. The molecular weight excluding hydrogens is 694 g/mol. The summed E-state index contributed by atoms with van der Waals surface area (Å²) in [7, 11) is 0. The van der Waals surface area contributed by atoms with Gasteiger partial charge in [-0.1, -0.05) is 6.92 Å². The Hall–Kier alpha value is 3.30. The van der Waals surface area contributed by atoms with Gasteiger partial charge in [-0.15, -0.1) is 0 Å². The Balaban J connectivity index is 0. The first-order valence-electron chi connectivity index (χ1n) is 3.90. The maximum absolute atomic E-state index is 10.7. The van der Waals surface area contributed by atoms with Gasteiger partial charge in [-0.05, 0) is 13.3 Å². The lowest BCUT2D eigenvalue weighted by molar-refractivity contribution is 0.339. The van der Waals surface area contributed by atoms with Crippen molar-refractivity contribution in [1.29, 1.82) is 0 Å². The molecule has 0 aromatic carbocycles. The Morgan fingerprint density at radius 3 is 1.40 bits per heavy atom. The van der Waals surface area contributed by atoms with Gasteiger partial charge in [0.1, 0.15) is 0 Å². The summed E-state index contributed by atoms with van der Waals surface area (Å²) in [5, 5.41) is 0. The molecule has 0 aliphatic heterocycles. The van der Waals surface area contributed by atoms with Gasteiger partial charge in [-0.25, -0.2) is 0 Å². The summed E-state index contributed by atoms with van der Waals surface area (Å²) in [4.78, 5) is 0. The number of rotatable bonds is 5. The Bertz CT molecular complexity index is 237. The summed E-state index contributed by atoms with van der Waals surface area (Å²) in [5.74, 6) is 0. The Labute approximate surface area is 143 Å². The molecule has 0 aliphatic carbocycles. The van der Waals surface area contributed by atoms with Crippen LogP contribution in [0.3, 0.4) is 0 Å². The third-order valence-electron chi connectivity index (χ3n) is 0.725. The lowest BCUT2D eigenvalue weighted by Gasteiger charge is -2.00. The highest BCUT2D eigenvalue weighted by Crippen LogP contribution is 2.64. The highest BCUT2D eigenvalue weighted by atomic mass is 127. The van der Waals surface area contributed by atoms with E-state index in [1.807, 2.05) is 57.9 Å². The SMILES string of the molecule is CCCOP(=O)(I)I.CCOP(=O)(I)I. The van der Waals surface area contributed by atoms with E-state index < -0.39 is 5.31 Å². The monoisotopic (exact) mass is 706 g/mol. The fourth-order valence-electron chi connectivity index (χ4n) is 0.348. The van der Waals surface area contributed by atoms with Crippen LogP contribution in [0.2, 0.25) is 0 Å². The van der Waals surface area contributed by atoms with Crippen LogP contribution >= 0.6 is 93.5 Å². The van der Waals surface area contributed by atoms with Crippen LogP contribution in [0.1, 0.15) is 20.3 Å². The van der Waals surface area contributed by atoms with Crippen molar-refractivity contribution in [2.45, 2.75) is 20.3 Å². The van der Waals surface area contributed by atoms with E-state index in [1.165, 1.54) is 0 Å². The van der Waals surface area contributed by atoms with Crippen LogP contribution in [-0.4, -0.2) is 13.2 Å². The molecule has 0 saturated carbocycles. The van der Waals surface area contributed by atoms with Gasteiger partial charge in [-0.3, -0.25) is 9.13 Å². The van der Waals surface area contributed by atoms with Crippen LogP contribution in [0.15, 0.2) is 0 Å². The Kier molecular flexibility index (Phi) is 15.3. The van der Waals surface area contributed by atoms with Crippen molar-refractivity contribution in [1.82, 2.24) is 0 Å². The number of halogens is 4. The van der Waals surface area contributed by atoms with Crippen LogP contribution in [0, 0.1) is 0 Å². The fourth-order valence-corrected chi connectivity index (χ4v) is 3.90. The molecule has 15 heavy (non-hydrogen) atoms. The summed E-state index contributed by atoms with van der Waals surface area (Å²) in [5.41, 5.74) is 0. The second-order valence-electron chi connectivity index (χ2n) is 2.08. The minimum Gasteiger partial charge on any atom is -0.315 e. The molecule has 0 N–H and O–H groups in total. The van der Waals surface area contributed by atoms with E-state index in [1.54, 1.807) is 44.1 Å². The van der Waals surface area contributed by atoms with Gasteiger partial charge in [0.15, 0.2) is 0 Å². The van der Waals surface area contributed by atoms with Gasteiger partial charge >= 0.3 is 5.31 Å². The van der Waals surface area contributed by atoms with Gasteiger partial charge in [-0.2, -0.15) is 0 Å². The molecule has 10 heteroatoms. The molecule has 0 aromatic rings. The Morgan fingerprint density at radius 2 is 1.33 bits per heavy atom. The van der Waals surface area contributed by atoms with Crippen molar-refractivity contribution in [2.24, 2.45) is 0 Å². The highest BCUT2D eigenvalue weighted by Gasteiger charge is 2.09. The third kappa shape index (κ3) is 26.8. The van der Waals surface area contributed by atoms with Gasteiger partial charge in [0.05, 0.1) is 13.2 Å². The van der Waals surface area contributed by atoms with Crippen LogP contribution in [0.5, 0.6) is 0 Å². The van der Waals surface area contributed by atoms with E-state index in [4.69, 9.17) is 9.05 Å². The van der Waals surface area contributed by atoms with Gasteiger partial charge < -0.3 is 9.05 Å². The molecule has 0 heterocycles. The van der Waals surface area contributed by atoms with E-state index in [-0.39, 0.29) is 0 Å².